The first-order chi connectivity index (χ1) is 10.0. The number of hydrogen-bond acceptors (Lipinski definition) is 3. The highest BCUT2D eigenvalue weighted by atomic mass is 32.2. The standard InChI is InChI=1S/C16H16FNO2S/c1-18-16-14-8-3-2-5-11(14)9-15(16)21(19,20)13-7-4-6-12(17)10-13/h2-8,10,15-16,18H,9H2,1H3. The lowest BCUT2D eigenvalue weighted by Crippen LogP contribution is -2.33. The molecular formula is C16H16FNO2S. The van der Waals surface area contributed by atoms with Crippen molar-refractivity contribution in [1.82, 2.24) is 5.32 Å². The molecule has 0 bridgehead atoms. The Bertz CT molecular complexity index is 773. The normalized spacial score (nSPS) is 21.2. The lowest BCUT2D eigenvalue weighted by atomic mass is 10.1. The van der Waals surface area contributed by atoms with Gasteiger partial charge in [-0.05, 0) is 42.8 Å². The fourth-order valence-corrected chi connectivity index (χ4v) is 4.94. The third-order valence-electron chi connectivity index (χ3n) is 4.02. The van der Waals surface area contributed by atoms with Crippen molar-refractivity contribution < 1.29 is 12.8 Å². The maximum atomic E-state index is 13.3. The minimum atomic E-state index is -3.59. The Kier molecular flexibility index (Phi) is 3.55. The Morgan fingerprint density at radius 2 is 1.90 bits per heavy atom. The van der Waals surface area contributed by atoms with Gasteiger partial charge in [-0.1, -0.05) is 30.3 Å². The lowest BCUT2D eigenvalue weighted by molar-refractivity contribution is 0.534. The smallest absolute Gasteiger partial charge is 0.183 e. The topological polar surface area (TPSA) is 46.2 Å². The summed E-state index contributed by atoms with van der Waals surface area (Å²) < 4.78 is 39.0. The first-order valence-corrected chi connectivity index (χ1v) is 8.33. The minimum absolute atomic E-state index is 0.0422. The molecule has 21 heavy (non-hydrogen) atoms. The fraction of sp³-hybridized carbons (Fsp3) is 0.250. The van der Waals surface area contributed by atoms with Crippen molar-refractivity contribution in [1.29, 1.82) is 0 Å². The molecule has 5 heteroatoms. The summed E-state index contributed by atoms with van der Waals surface area (Å²) in [6, 6.07) is 12.6. The molecule has 0 saturated carbocycles. The Balaban J connectivity index is 2.05. The first kappa shape index (κ1) is 14.2. The Morgan fingerprint density at radius 3 is 2.62 bits per heavy atom. The third-order valence-corrected chi connectivity index (χ3v) is 6.16. The summed E-state index contributed by atoms with van der Waals surface area (Å²) in [5.41, 5.74) is 2.03. The van der Waals surface area contributed by atoms with E-state index in [-0.39, 0.29) is 10.9 Å². The zero-order valence-corrected chi connectivity index (χ0v) is 12.4. The van der Waals surface area contributed by atoms with Crippen LogP contribution in [-0.4, -0.2) is 20.7 Å². The molecule has 0 amide bonds. The second kappa shape index (κ2) is 5.24. The molecular weight excluding hydrogens is 289 g/mol. The van der Waals surface area contributed by atoms with Gasteiger partial charge in [0.2, 0.25) is 0 Å². The maximum Gasteiger partial charge on any atom is 0.183 e. The van der Waals surface area contributed by atoms with Gasteiger partial charge in [0.05, 0.1) is 10.1 Å². The van der Waals surface area contributed by atoms with E-state index in [1.807, 2.05) is 24.3 Å². The van der Waals surface area contributed by atoms with Gasteiger partial charge in [0.1, 0.15) is 5.82 Å². The average molecular weight is 305 g/mol. The molecule has 0 radical (unpaired) electrons. The van der Waals surface area contributed by atoms with Gasteiger partial charge < -0.3 is 5.32 Å². The van der Waals surface area contributed by atoms with Gasteiger partial charge in [-0.2, -0.15) is 0 Å². The van der Waals surface area contributed by atoms with Crippen LogP contribution in [0.2, 0.25) is 0 Å². The van der Waals surface area contributed by atoms with Crippen molar-refractivity contribution >= 4 is 9.84 Å². The lowest BCUT2D eigenvalue weighted by Gasteiger charge is -2.20. The molecule has 3 nitrogen and oxygen atoms in total. The van der Waals surface area contributed by atoms with Crippen LogP contribution in [0.5, 0.6) is 0 Å². The highest BCUT2D eigenvalue weighted by Crippen LogP contribution is 2.37. The van der Waals surface area contributed by atoms with Crippen LogP contribution in [0.15, 0.2) is 53.4 Å². The van der Waals surface area contributed by atoms with Crippen molar-refractivity contribution in [3.8, 4) is 0 Å². The van der Waals surface area contributed by atoms with Crippen molar-refractivity contribution in [3.63, 3.8) is 0 Å². The Hall–Kier alpha value is -1.72. The number of benzene rings is 2. The Labute approximate surface area is 123 Å². The van der Waals surface area contributed by atoms with E-state index in [9.17, 15) is 12.8 Å². The van der Waals surface area contributed by atoms with E-state index in [4.69, 9.17) is 0 Å². The molecule has 0 spiro atoms. The summed E-state index contributed by atoms with van der Waals surface area (Å²) in [5, 5.41) is 2.48. The molecule has 0 heterocycles. The molecule has 1 aliphatic carbocycles. The predicted octanol–water partition coefficient (Wildman–Crippen LogP) is 2.48. The van der Waals surface area contributed by atoms with Crippen molar-refractivity contribution in [2.45, 2.75) is 22.6 Å². The molecule has 0 fully saturated rings. The molecule has 0 aliphatic heterocycles. The van der Waals surface area contributed by atoms with E-state index in [1.165, 1.54) is 18.2 Å². The predicted molar refractivity (Wildman–Crippen MR) is 79.3 cm³/mol. The summed E-state index contributed by atoms with van der Waals surface area (Å²) in [7, 11) is -1.84. The van der Waals surface area contributed by atoms with E-state index in [0.717, 1.165) is 17.2 Å². The SMILES string of the molecule is CNC1c2ccccc2CC1S(=O)(=O)c1cccc(F)c1. The van der Waals surface area contributed by atoms with E-state index in [1.54, 1.807) is 7.05 Å². The monoisotopic (exact) mass is 305 g/mol. The van der Waals surface area contributed by atoms with Crippen LogP contribution in [0.1, 0.15) is 17.2 Å². The summed E-state index contributed by atoms with van der Waals surface area (Å²) in [4.78, 5) is 0.0422. The zero-order chi connectivity index (χ0) is 15.0. The summed E-state index contributed by atoms with van der Waals surface area (Å²) >= 11 is 0. The molecule has 2 aromatic carbocycles. The van der Waals surface area contributed by atoms with Gasteiger partial charge in [-0.25, -0.2) is 12.8 Å². The van der Waals surface area contributed by atoms with E-state index in [2.05, 4.69) is 5.32 Å². The summed E-state index contributed by atoms with van der Waals surface area (Å²) in [6.07, 6.45) is 0.445. The van der Waals surface area contributed by atoms with Crippen LogP contribution in [0.3, 0.4) is 0 Å². The quantitative estimate of drug-likeness (QED) is 0.947. The molecule has 2 unspecified atom stereocenters. The zero-order valence-electron chi connectivity index (χ0n) is 11.6. The number of sulfone groups is 1. The third kappa shape index (κ3) is 2.36. The molecule has 0 aromatic heterocycles. The van der Waals surface area contributed by atoms with Gasteiger partial charge in [0.25, 0.3) is 0 Å². The molecule has 1 N–H and O–H groups in total. The number of halogens is 1. The highest BCUT2D eigenvalue weighted by Gasteiger charge is 2.40. The van der Waals surface area contributed by atoms with E-state index < -0.39 is 20.9 Å². The molecule has 2 aromatic rings. The maximum absolute atomic E-state index is 13.3. The number of rotatable bonds is 3. The van der Waals surface area contributed by atoms with Gasteiger partial charge in [0, 0.05) is 6.04 Å². The van der Waals surface area contributed by atoms with Crippen LogP contribution in [0.4, 0.5) is 4.39 Å². The van der Waals surface area contributed by atoms with Crippen LogP contribution in [-0.2, 0) is 16.3 Å². The largest absolute Gasteiger partial charge is 0.312 e. The number of nitrogens with one attached hydrogen (secondary N) is 1. The van der Waals surface area contributed by atoms with E-state index in [0.29, 0.717) is 6.42 Å². The second-order valence-electron chi connectivity index (χ2n) is 5.21. The van der Waals surface area contributed by atoms with Crippen molar-refractivity contribution in [2.75, 3.05) is 7.05 Å². The first-order valence-electron chi connectivity index (χ1n) is 6.78. The molecule has 1 aliphatic rings. The van der Waals surface area contributed by atoms with Crippen LogP contribution < -0.4 is 5.32 Å². The van der Waals surface area contributed by atoms with Gasteiger partial charge in [-0.3, -0.25) is 0 Å². The molecule has 3 rings (SSSR count). The van der Waals surface area contributed by atoms with Crippen molar-refractivity contribution in [2.24, 2.45) is 0 Å². The second-order valence-corrected chi connectivity index (χ2v) is 7.38. The highest BCUT2D eigenvalue weighted by molar-refractivity contribution is 7.92. The average Bonchev–Trinajstić information content (AvgIpc) is 2.86. The molecule has 110 valence electrons. The van der Waals surface area contributed by atoms with E-state index >= 15 is 0 Å². The number of hydrogen-bond donors (Lipinski definition) is 1. The number of fused-ring (bicyclic) bond motifs is 1. The minimum Gasteiger partial charge on any atom is -0.312 e. The Morgan fingerprint density at radius 1 is 1.14 bits per heavy atom. The van der Waals surface area contributed by atoms with Crippen LogP contribution >= 0.6 is 0 Å². The fourth-order valence-electron chi connectivity index (χ4n) is 3.01. The summed E-state index contributed by atoms with van der Waals surface area (Å²) in [5.74, 6) is -0.535. The molecule has 0 saturated heterocycles. The summed E-state index contributed by atoms with van der Waals surface area (Å²) in [6.45, 7) is 0. The van der Waals surface area contributed by atoms with Gasteiger partial charge in [-0.15, -0.1) is 0 Å². The van der Waals surface area contributed by atoms with Crippen LogP contribution in [0.25, 0.3) is 0 Å². The van der Waals surface area contributed by atoms with Crippen LogP contribution in [0, 0.1) is 5.82 Å². The van der Waals surface area contributed by atoms with Gasteiger partial charge in [0.15, 0.2) is 9.84 Å². The molecule has 2 atom stereocenters. The van der Waals surface area contributed by atoms with Gasteiger partial charge >= 0.3 is 0 Å². The van der Waals surface area contributed by atoms with Crippen molar-refractivity contribution in [3.05, 3.63) is 65.5 Å².